The Hall–Kier alpha value is -8.21. The Kier molecular flexibility index (Phi) is 7.41. The number of hydrogen-bond acceptors (Lipinski definition) is 3. The van der Waals surface area contributed by atoms with Crippen molar-refractivity contribution in [2.24, 2.45) is 0 Å². The van der Waals surface area contributed by atoms with Gasteiger partial charge in [0.15, 0.2) is 17.5 Å². The van der Waals surface area contributed by atoms with Gasteiger partial charge < -0.3 is 4.57 Å². The lowest BCUT2D eigenvalue weighted by atomic mass is 9.70. The van der Waals surface area contributed by atoms with Crippen LogP contribution in [0.15, 0.2) is 206 Å². The van der Waals surface area contributed by atoms with Crippen LogP contribution in [0.25, 0.3) is 94.1 Å². The van der Waals surface area contributed by atoms with Gasteiger partial charge in [0.25, 0.3) is 0 Å². The molecule has 0 aliphatic heterocycles. The maximum absolute atomic E-state index is 5.27. The molecule has 0 fully saturated rings. The average molecular weight is 815 g/mol. The van der Waals surface area contributed by atoms with Gasteiger partial charge >= 0.3 is 0 Å². The van der Waals surface area contributed by atoms with E-state index in [0.717, 1.165) is 46.6 Å². The first-order chi connectivity index (χ1) is 31.7. The summed E-state index contributed by atoms with van der Waals surface area (Å²) in [5, 5.41) is 7.74. The largest absolute Gasteiger partial charge is 0.309 e. The van der Waals surface area contributed by atoms with Crippen LogP contribution in [-0.2, 0) is 5.41 Å². The van der Waals surface area contributed by atoms with Crippen molar-refractivity contribution in [3.8, 4) is 39.6 Å². The van der Waals surface area contributed by atoms with E-state index in [9.17, 15) is 0 Å². The standard InChI is InChI=1S/C60H38N4/c1-3-14-40(15-4-1)57-61-58(63-59(62-57)42-34-35-53-47(36-42)45-20-8-10-27-52(45)64(53)43-18-5-2-6-19-43)41-32-28-37(29-33-41)44-22-13-26-51-56(44)46-21-7-9-23-48(46)60(51)49-24-11-16-38-30-31-39-17-12-25-50(60)55(39)54(38)49/h1-28,30-32,34-36H,29,33H2. The highest BCUT2D eigenvalue weighted by Crippen LogP contribution is 2.63. The number of para-hydroxylation sites is 2. The van der Waals surface area contributed by atoms with E-state index in [4.69, 9.17) is 15.0 Å². The molecule has 1 spiro atoms. The molecule has 0 amide bonds. The number of hydrogen-bond donors (Lipinski definition) is 0. The maximum Gasteiger partial charge on any atom is 0.164 e. The molecule has 14 rings (SSSR count). The number of aromatic nitrogens is 4. The van der Waals surface area contributed by atoms with E-state index in [1.165, 1.54) is 82.4 Å². The fourth-order valence-electron chi connectivity index (χ4n) is 11.5. The molecule has 11 aromatic rings. The minimum Gasteiger partial charge on any atom is -0.309 e. The molecule has 2 heterocycles. The number of benzene rings is 9. The van der Waals surface area contributed by atoms with Crippen LogP contribution in [0.5, 0.6) is 0 Å². The summed E-state index contributed by atoms with van der Waals surface area (Å²) in [4.78, 5) is 15.6. The lowest BCUT2D eigenvalue weighted by molar-refractivity contribution is 0.796. The third-order valence-electron chi connectivity index (χ3n) is 14.2. The van der Waals surface area contributed by atoms with Crippen LogP contribution in [-0.4, -0.2) is 19.5 Å². The van der Waals surface area contributed by atoms with Gasteiger partial charge in [-0.15, -0.1) is 0 Å². The molecule has 9 aromatic carbocycles. The zero-order valence-electron chi connectivity index (χ0n) is 34.8. The Balaban J connectivity index is 0.909. The fraction of sp³-hybridized carbons (Fsp3) is 0.0500. The number of nitrogens with zero attached hydrogens (tertiary/aromatic N) is 4. The average Bonchev–Trinajstić information content (AvgIpc) is 3.98. The molecule has 2 aromatic heterocycles. The second-order valence-electron chi connectivity index (χ2n) is 17.4. The lowest BCUT2D eigenvalue weighted by Crippen LogP contribution is -2.26. The summed E-state index contributed by atoms with van der Waals surface area (Å²) in [5.74, 6) is 2.07. The van der Waals surface area contributed by atoms with Gasteiger partial charge in [-0.3, -0.25) is 0 Å². The minimum atomic E-state index is -0.380. The first kappa shape index (κ1) is 35.4. The van der Waals surface area contributed by atoms with Crippen molar-refractivity contribution in [2.75, 3.05) is 0 Å². The molecule has 0 radical (unpaired) electrons. The van der Waals surface area contributed by atoms with E-state index in [1.807, 2.05) is 18.2 Å². The van der Waals surface area contributed by atoms with Crippen molar-refractivity contribution in [3.63, 3.8) is 0 Å². The summed E-state index contributed by atoms with van der Waals surface area (Å²) >= 11 is 0. The molecular weight excluding hydrogens is 777 g/mol. The van der Waals surface area contributed by atoms with Crippen molar-refractivity contribution >= 4 is 54.5 Å². The second kappa shape index (κ2) is 13.4. The predicted octanol–water partition coefficient (Wildman–Crippen LogP) is 14.5. The molecule has 4 nitrogen and oxygen atoms in total. The van der Waals surface area contributed by atoms with Crippen LogP contribution in [0.3, 0.4) is 0 Å². The van der Waals surface area contributed by atoms with Crippen molar-refractivity contribution in [3.05, 3.63) is 240 Å². The highest BCUT2D eigenvalue weighted by atomic mass is 15.0. The maximum atomic E-state index is 5.27. The van der Waals surface area contributed by atoms with Crippen molar-refractivity contribution in [1.29, 1.82) is 0 Å². The third-order valence-corrected chi connectivity index (χ3v) is 14.2. The van der Waals surface area contributed by atoms with Crippen LogP contribution in [0.2, 0.25) is 0 Å². The normalized spacial score (nSPS) is 14.4. The molecule has 0 unspecified atom stereocenters. The summed E-state index contributed by atoms with van der Waals surface area (Å²) in [5.41, 5.74) is 16.9. The Morgan fingerprint density at radius 1 is 0.391 bits per heavy atom. The predicted molar refractivity (Wildman–Crippen MR) is 263 cm³/mol. The van der Waals surface area contributed by atoms with Gasteiger partial charge in [0.2, 0.25) is 0 Å². The first-order valence-electron chi connectivity index (χ1n) is 22.2. The zero-order valence-corrected chi connectivity index (χ0v) is 34.8. The van der Waals surface area contributed by atoms with Crippen LogP contribution in [0, 0.1) is 0 Å². The topological polar surface area (TPSA) is 43.6 Å². The Bertz CT molecular complexity index is 3770. The molecule has 0 saturated heterocycles. The van der Waals surface area contributed by atoms with Gasteiger partial charge in [0, 0.05) is 27.6 Å². The van der Waals surface area contributed by atoms with Gasteiger partial charge in [-0.2, -0.15) is 0 Å². The summed E-state index contributed by atoms with van der Waals surface area (Å²) in [6, 6.07) is 70.6. The summed E-state index contributed by atoms with van der Waals surface area (Å²) in [6.45, 7) is 0. The quantitative estimate of drug-likeness (QED) is 0.163. The van der Waals surface area contributed by atoms with Crippen molar-refractivity contribution < 1.29 is 0 Å². The highest BCUT2D eigenvalue weighted by Gasteiger charge is 2.51. The molecule has 0 saturated carbocycles. The molecule has 64 heavy (non-hydrogen) atoms. The van der Waals surface area contributed by atoms with Gasteiger partial charge in [-0.1, -0.05) is 170 Å². The summed E-state index contributed by atoms with van der Waals surface area (Å²) < 4.78 is 2.34. The summed E-state index contributed by atoms with van der Waals surface area (Å²) in [7, 11) is 0. The van der Waals surface area contributed by atoms with E-state index in [-0.39, 0.29) is 5.41 Å². The molecule has 298 valence electrons. The van der Waals surface area contributed by atoms with Crippen LogP contribution in [0.1, 0.15) is 46.5 Å². The molecular formula is C60H38N4. The molecule has 3 aliphatic carbocycles. The zero-order chi connectivity index (χ0) is 41.9. The third kappa shape index (κ3) is 4.85. The van der Waals surface area contributed by atoms with E-state index in [2.05, 4.69) is 193 Å². The van der Waals surface area contributed by atoms with Gasteiger partial charge in [0.1, 0.15) is 0 Å². The van der Waals surface area contributed by atoms with Crippen LogP contribution in [0.4, 0.5) is 0 Å². The van der Waals surface area contributed by atoms with E-state index >= 15 is 0 Å². The monoisotopic (exact) mass is 814 g/mol. The molecule has 4 heteroatoms. The number of fused-ring (bicyclic) bond motifs is 10. The van der Waals surface area contributed by atoms with E-state index < -0.39 is 0 Å². The van der Waals surface area contributed by atoms with Gasteiger partial charge in [-0.25, -0.2) is 15.0 Å². The fourth-order valence-corrected chi connectivity index (χ4v) is 11.5. The van der Waals surface area contributed by atoms with Crippen LogP contribution < -0.4 is 0 Å². The molecule has 0 atom stereocenters. The summed E-state index contributed by atoms with van der Waals surface area (Å²) in [6.07, 6.45) is 6.26. The molecule has 3 aliphatic rings. The highest BCUT2D eigenvalue weighted by molar-refractivity contribution is 6.18. The second-order valence-corrected chi connectivity index (χ2v) is 17.4. The lowest BCUT2D eigenvalue weighted by Gasteiger charge is -2.31. The molecule has 0 N–H and O–H groups in total. The Labute approximate surface area is 370 Å². The SMILES string of the molecule is C1=C(c2nc(-c3ccccc3)nc(-c3ccc4c(c3)c3ccccc3n4-c3ccccc3)n2)CCC(c2cccc3c2-c2ccccc2C32c3cccc4ccc5cccc2c5c34)=C1. The van der Waals surface area contributed by atoms with E-state index in [1.54, 1.807) is 0 Å². The smallest absolute Gasteiger partial charge is 0.164 e. The van der Waals surface area contributed by atoms with Crippen LogP contribution >= 0.6 is 0 Å². The number of allylic oxidation sites excluding steroid dienone is 4. The first-order valence-corrected chi connectivity index (χ1v) is 22.2. The van der Waals surface area contributed by atoms with Gasteiger partial charge in [0.05, 0.1) is 16.4 Å². The molecule has 0 bridgehead atoms. The Morgan fingerprint density at radius 3 is 1.73 bits per heavy atom. The van der Waals surface area contributed by atoms with Gasteiger partial charge in [-0.05, 0) is 121 Å². The van der Waals surface area contributed by atoms with Crippen molar-refractivity contribution in [1.82, 2.24) is 19.5 Å². The number of rotatable bonds is 5. The minimum absolute atomic E-state index is 0.380. The van der Waals surface area contributed by atoms with E-state index in [0.29, 0.717) is 11.6 Å². The Morgan fingerprint density at radius 2 is 0.969 bits per heavy atom. The van der Waals surface area contributed by atoms with Crippen molar-refractivity contribution in [2.45, 2.75) is 18.3 Å².